The van der Waals surface area contributed by atoms with Crippen molar-refractivity contribution in [2.75, 3.05) is 0 Å². The van der Waals surface area contributed by atoms with E-state index < -0.39 is 0 Å². The maximum atomic E-state index is 12.3. The van der Waals surface area contributed by atoms with Crippen LogP contribution in [0.3, 0.4) is 0 Å². The van der Waals surface area contributed by atoms with Crippen LogP contribution in [-0.2, 0) is 17.9 Å². The molecule has 0 unspecified atom stereocenters. The summed E-state index contributed by atoms with van der Waals surface area (Å²) in [6.45, 7) is 1.29. The van der Waals surface area contributed by atoms with Gasteiger partial charge in [0, 0.05) is 18.7 Å². The largest absolute Gasteiger partial charge is 0.332 e. The van der Waals surface area contributed by atoms with Crippen molar-refractivity contribution >= 4 is 17.2 Å². The van der Waals surface area contributed by atoms with Crippen LogP contribution < -0.4 is 0 Å². The standard InChI is InChI=1S/C15H16N2OS/c18-15(13-4-5-13)17(9-12-6-8-19-11-12)10-14-3-1-2-7-16-14/h1-3,6-8,11,13H,4-5,9-10H2. The van der Waals surface area contributed by atoms with Crippen molar-refractivity contribution in [3.05, 3.63) is 52.5 Å². The molecule has 1 fully saturated rings. The van der Waals surface area contributed by atoms with Gasteiger partial charge in [0.05, 0.1) is 12.2 Å². The van der Waals surface area contributed by atoms with E-state index in [2.05, 4.69) is 21.8 Å². The van der Waals surface area contributed by atoms with Gasteiger partial charge in [-0.3, -0.25) is 9.78 Å². The third-order valence-electron chi connectivity index (χ3n) is 3.27. The normalized spacial score (nSPS) is 14.3. The number of amides is 1. The Balaban J connectivity index is 1.74. The minimum atomic E-state index is 0.252. The Kier molecular flexibility index (Phi) is 3.60. The van der Waals surface area contributed by atoms with Crippen molar-refractivity contribution in [1.82, 2.24) is 9.88 Å². The SMILES string of the molecule is O=C(C1CC1)N(Cc1ccsc1)Cc1ccccn1. The lowest BCUT2D eigenvalue weighted by molar-refractivity contribution is -0.133. The summed E-state index contributed by atoms with van der Waals surface area (Å²) in [5.74, 6) is 0.527. The molecule has 2 aromatic rings. The van der Waals surface area contributed by atoms with E-state index in [1.54, 1.807) is 17.5 Å². The van der Waals surface area contributed by atoms with E-state index in [1.807, 2.05) is 23.1 Å². The molecule has 1 saturated carbocycles. The van der Waals surface area contributed by atoms with Gasteiger partial charge < -0.3 is 4.90 Å². The Bertz CT molecular complexity index is 535. The van der Waals surface area contributed by atoms with Crippen LogP contribution in [0.4, 0.5) is 0 Å². The highest BCUT2D eigenvalue weighted by Crippen LogP contribution is 2.32. The first-order valence-electron chi connectivity index (χ1n) is 6.53. The summed E-state index contributed by atoms with van der Waals surface area (Å²) >= 11 is 1.67. The molecule has 1 aliphatic carbocycles. The molecule has 0 bridgehead atoms. The van der Waals surface area contributed by atoms with Crippen LogP contribution in [0.5, 0.6) is 0 Å². The topological polar surface area (TPSA) is 33.2 Å². The van der Waals surface area contributed by atoms with Crippen molar-refractivity contribution in [1.29, 1.82) is 0 Å². The van der Waals surface area contributed by atoms with E-state index >= 15 is 0 Å². The molecule has 4 heteroatoms. The zero-order valence-corrected chi connectivity index (χ0v) is 11.5. The first-order chi connectivity index (χ1) is 9.33. The second-order valence-corrected chi connectivity index (χ2v) is 5.70. The summed E-state index contributed by atoms with van der Waals surface area (Å²) in [4.78, 5) is 18.6. The molecule has 0 atom stereocenters. The van der Waals surface area contributed by atoms with Crippen molar-refractivity contribution in [3.8, 4) is 0 Å². The van der Waals surface area contributed by atoms with Crippen LogP contribution in [0, 0.1) is 5.92 Å². The molecule has 19 heavy (non-hydrogen) atoms. The van der Waals surface area contributed by atoms with Gasteiger partial charge in [0.15, 0.2) is 0 Å². The summed E-state index contributed by atoms with van der Waals surface area (Å²) < 4.78 is 0. The molecule has 3 rings (SSSR count). The lowest BCUT2D eigenvalue weighted by Gasteiger charge is -2.22. The highest BCUT2D eigenvalue weighted by Gasteiger charge is 2.33. The van der Waals surface area contributed by atoms with Crippen molar-refractivity contribution in [3.63, 3.8) is 0 Å². The first kappa shape index (κ1) is 12.4. The molecule has 0 aromatic carbocycles. The molecule has 0 N–H and O–H groups in total. The van der Waals surface area contributed by atoms with Gasteiger partial charge in [-0.25, -0.2) is 0 Å². The fraction of sp³-hybridized carbons (Fsp3) is 0.333. The third kappa shape index (κ3) is 3.20. The number of carbonyl (C=O) groups is 1. The smallest absolute Gasteiger partial charge is 0.226 e. The van der Waals surface area contributed by atoms with Crippen molar-refractivity contribution in [2.24, 2.45) is 5.92 Å². The molecule has 0 saturated heterocycles. The molecular weight excluding hydrogens is 256 g/mol. The summed E-state index contributed by atoms with van der Waals surface area (Å²) in [6.07, 6.45) is 3.86. The van der Waals surface area contributed by atoms with Crippen LogP contribution >= 0.6 is 11.3 Å². The van der Waals surface area contributed by atoms with E-state index in [9.17, 15) is 4.79 Å². The second kappa shape index (κ2) is 5.53. The molecule has 2 heterocycles. The number of aromatic nitrogens is 1. The van der Waals surface area contributed by atoms with Gasteiger partial charge in [-0.2, -0.15) is 11.3 Å². The fourth-order valence-electron chi connectivity index (χ4n) is 2.09. The highest BCUT2D eigenvalue weighted by atomic mass is 32.1. The molecular formula is C15H16N2OS. The molecule has 2 aromatic heterocycles. The number of thiophene rings is 1. The van der Waals surface area contributed by atoms with Crippen LogP contribution in [0.1, 0.15) is 24.1 Å². The van der Waals surface area contributed by atoms with Gasteiger partial charge in [0.25, 0.3) is 0 Å². The number of hydrogen-bond donors (Lipinski definition) is 0. The maximum Gasteiger partial charge on any atom is 0.226 e. The number of rotatable bonds is 5. The van der Waals surface area contributed by atoms with Crippen molar-refractivity contribution in [2.45, 2.75) is 25.9 Å². The van der Waals surface area contributed by atoms with Crippen molar-refractivity contribution < 1.29 is 4.79 Å². The minimum Gasteiger partial charge on any atom is -0.332 e. The van der Waals surface area contributed by atoms with Crippen LogP contribution in [-0.4, -0.2) is 15.8 Å². The van der Waals surface area contributed by atoms with Gasteiger partial charge >= 0.3 is 0 Å². The second-order valence-electron chi connectivity index (χ2n) is 4.92. The number of pyridine rings is 1. The summed E-state index contributed by atoms with van der Waals surface area (Å²) in [6, 6.07) is 7.92. The van der Waals surface area contributed by atoms with Gasteiger partial charge in [0.1, 0.15) is 0 Å². The minimum absolute atomic E-state index is 0.252. The molecule has 98 valence electrons. The predicted octanol–water partition coefficient (Wildman–Crippen LogP) is 3.08. The molecule has 1 amide bonds. The van der Waals surface area contributed by atoms with Gasteiger partial charge in [-0.05, 0) is 47.4 Å². The van der Waals surface area contributed by atoms with E-state index in [0.29, 0.717) is 13.1 Å². The van der Waals surface area contributed by atoms with Gasteiger partial charge in [-0.1, -0.05) is 6.07 Å². The van der Waals surface area contributed by atoms with Crippen LogP contribution in [0.15, 0.2) is 41.2 Å². The maximum absolute atomic E-state index is 12.3. The Morgan fingerprint density at radius 2 is 2.21 bits per heavy atom. The molecule has 0 aliphatic heterocycles. The lowest BCUT2D eigenvalue weighted by Crippen LogP contribution is -2.31. The van der Waals surface area contributed by atoms with E-state index in [4.69, 9.17) is 0 Å². The molecule has 1 aliphatic rings. The summed E-state index contributed by atoms with van der Waals surface area (Å²) in [5.41, 5.74) is 2.15. The number of hydrogen-bond acceptors (Lipinski definition) is 3. The average molecular weight is 272 g/mol. The molecule has 0 spiro atoms. The van der Waals surface area contributed by atoms with Gasteiger partial charge in [0.2, 0.25) is 5.91 Å². The fourth-order valence-corrected chi connectivity index (χ4v) is 2.75. The highest BCUT2D eigenvalue weighted by molar-refractivity contribution is 7.07. The van der Waals surface area contributed by atoms with Crippen LogP contribution in [0.25, 0.3) is 0 Å². The summed E-state index contributed by atoms with van der Waals surface area (Å²) in [7, 11) is 0. The predicted molar refractivity (Wildman–Crippen MR) is 75.5 cm³/mol. The van der Waals surface area contributed by atoms with E-state index in [-0.39, 0.29) is 11.8 Å². The Hall–Kier alpha value is -1.68. The lowest BCUT2D eigenvalue weighted by atomic mass is 10.2. The summed E-state index contributed by atoms with van der Waals surface area (Å²) in [5, 5.41) is 4.15. The van der Waals surface area contributed by atoms with E-state index in [0.717, 1.165) is 18.5 Å². The quantitative estimate of drug-likeness (QED) is 0.838. The molecule has 3 nitrogen and oxygen atoms in total. The zero-order valence-electron chi connectivity index (χ0n) is 10.7. The Morgan fingerprint density at radius 1 is 1.32 bits per heavy atom. The Labute approximate surface area is 116 Å². The van der Waals surface area contributed by atoms with Crippen LogP contribution in [0.2, 0.25) is 0 Å². The average Bonchev–Trinajstić information content (AvgIpc) is 3.17. The monoisotopic (exact) mass is 272 g/mol. The zero-order chi connectivity index (χ0) is 13.1. The Morgan fingerprint density at radius 3 is 2.84 bits per heavy atom. The third-order valence-corrected chi connectivity index (χ3v) is 4.00. The number of nitrogens with zero attached hydrogens (tertiary/aromatic N) is 2. The van der Waals surface area contributed by atoms with Gasteiger partial charge in [-0.15, -0.1) is 0 Å². The molecule has 0 radical (unpaired) electrons. The van der Waals surface area contributed by atoms with E-state index in [1.165, 1.54) is 5.56 Å². The first-order valence-corrected chi connectivity index (χ1v) is 7.47. The number of carbonyl (C=O) groups excluding carboxylic acids is 1.